The molecule has 1 atom stereocenters. The summed E-state index contributed by atoms with van der Waals surface area (Å²) in [5, 5.41) is 22.1. The molecule has 0 radical (unpaired) electrons. The molecule has 1 aliphatic heterocycles. The van der Waals surface area contributed by atoms with E-state index in [2.05, 4.69) is 55.8 Å². The lowest BCUT2D eigenvalue weighted by molar-refractivity contribution is -0.00616. The molecule has 1 unspecified atom stereocenters. The summed E-state index contributed by atoms with van der Waals surface area (Å²) in [4.78, 5) is 7.35. The van der Waals surface area contributed by atoms with Gasteiger partial charge in [0.2, 0.25) is 0 Å². The van der Waals surface area contributed by atoms with Gasteiger partial charge in [-0.2, -0.15) is 0 Å². The second kappa shape index (κ2) is 10.3. The van der Waals surface area contributed by atoms with Crippen LogP contribution in [-0.2, 0) is 12.0 Å². The first-order chi connectivity index (χ1) is 17.8. The zero-order valence-electron chi connectivity index (χ0n) is 21.7. The lowest BCUT2D eigenvalue weighted by Crippen LogP contribution is -2.48. The Morgan fingerprint density at radius 1 is 0.973 bits per heavy atom. The van der Waals surface area contributed by atoms with Gasteiger partial charge in [-0.25, -0.2) is 0 Å². The fraction of sp³-hybridized carbons (Fsp3) is 0.581. The summed E-state index contributed by atoms with van der Waals surface area (Å²) in [6.45, 7) is 4.58. The number of nitrogens with zero attached hydrogens (tertiary/aromatic N) is 2. The third kappa shape index (κ3) is 5.15. The Morgan fingerprint density at radius 2 is 1.68 bits per heavy atom. The Balaban J connectivity index is 1.20. The van der Waals surface area contributed by atoms with Gasteiger partial charge in [0.15, 0.2) is 0 Å². The van der Waals surface area contributed by atoms with Crippen LogP contribution in [0.2, 0.25) is 0 Å². The van der Waals surface area contributed by atoms with E-state index in [1.165, 1.54) is 62.5 Å². The lowest BCUT2D eigenvalue weighted by Gasteiger charge is -2.57. The number of aliphatic imine (C=N–C) groups is 1. The number of piperidine rings is 1. The molecule has 0 spiro atoms. The number of hydrogen-bond donors (Lipinski definition) is 2. The second-order valence-corrected chi connectivity index (χ2v) is 14.2. The van der Waals surface area contributed by atoms with Gasteiger partial charge in [0.1, 0.15) is 11.5 Å². The summed E-state index contributed by atoms with van der Waals surface area (Å²) in [6.07, 6.45) is 13.4. The first-order valence-corrected chi connectivity index (χ1v) is 15.6. The summed E-state index contributed by atoms with van der Waals surface area (Å²) < 4.78 is 1.68. The fourth-order valence-corrected chi connectivity index (χ4v) is 9.77. The molecule has 5 aliphatic rings. The highest BCUT2D eigenvalue weighted by Crippen LogP contribution is 2.62. The van der Waals surface area contributed by atoms with Gasteiger partial charge in [0.25, 0.3) is 0 Å². The number of benzene rings is 2. The highest BCUT2D eigenvalue weighted by atomic mass is 79.9. The Morgan fingerprint density at radius 3 is 2.38 bits per heavy atom. The number of aromatic hydroxyl groups is 2. The molecule has 4 bridgehead atoms. The number of likely N-dealkylation sites (tertiary alicyclic amines) is 1. The first kappa shape index (κ1) is 25.9. The van der Waals surface area contributed by atoms with Crippen LogP contribution in [-0.4, -0.2) is 40.5 Å². The van der Waals surface area contributed by atoms with Crippen molar-refractivity contribution in [3.05, 3.63) is 55.5 Å². The Kier molecular flexibility index (Phi) is 7.21. The maximum atomic E-state index is 11.5. The predicted molar refractivity (Wildman–Crippen MR) is 157 cm³/mol. The molecule has 6 heteroatoms. The third-order valence-electron chi connectivity index (χ3n) is 9.67. The number of rotatable bonds is 6. The Labute approximate surface area is 237 Å². The van der Waals surface area contributed by atoms with Gasteiger partial charge >= 0.3 is 0 Å². The molecular weight excluding hydrogens is 592 g/mol. The number of halogens is 2. The molecule has 4 aliphatic carbocycles. The molecule has 1 heterocycles. The van der Waals surface area contributed by atoms with E-state index in [0.717, 1.165) is 46.3 Å². The number of aryl methyl sites for hydroxylation is 1. The van der Waals surface area contributed by atoms with Crippen LogP contribution >= 0.6 is 31.9 Å². The fourth-order valence-electron chi connectivity index (χ4n) is 8.46. The quantitative estimate of drug-likeness (QED) is 0.320. The average Bonchev–Trinajstić information content (AvgIpc) is 2.84. The van der Waals surface area contributed by atoms with Crippen LogP contribution in [0, 0.1) is 24.7 Å². The van der Waals surface area contributed by atoms with Crippen molar-refractivity contribution in [2.24, 2.45) is 22.7 Å². The molecule has 1 saturated heterocycles. The van der Waals surface area contributed by atoms with Gasteiger partial charge in [-0.05, 0) is 128 Å². The van der Waals surface area contributed by atoms with Crippen LogP contribution < -0.4 is 0 Å². The molecule has 0 aromatic heterocycles. The van der Waals surface area contributed by atoms with Gasteiger partial charge in [0, 0.05) is 40.0 Å². The van der Waals surface area contributed by atoms with Crippen LogP contribution in [0.5, 0.6) is 11.5 Å². The molecule has 2 aromatic carbocycles. The standard InChI is InChI=1S/C31H38Br2N2O2/c1-19-6-23(29(36)27(7-19)31-13-20-8-21(14-31)10-22(9-20)15-31)16-34-17-26-4-2-3-5-35(26)18-24-11-25(32)12-28(33)30(24)37/h6-7,11-12,16,20-22,26,36-37H,2-5,8-10,13-15,17-18H2,1H3. The topological polar surface area (TPSA) is 56.1 Å². The molecule has 4 nitrogen and oxygen atoms in total. The third-order valence-corrected chi connectivity index (χ3v) is 10.7. The lowest BCUT2D eigenvalue weighted by atomic mass is 9.48. The van der Waals surface area contributed by atoms with Crippen molar-refractivity contribution >= 4 is 38.1 Å². The largest absolute Gasteiger partial charge is 0.507 e. The van der Waals surface area contributed by atoms with E-state index >= 15 is 0 Å². The highest BCUT2D eigenvalue weighted by Gasteiger charge is 2.52. The molecule has 4 saturated carbocycles. The van der Waals surface area contributed by atoms with E-state index in [4.69, 9.17) is 4.99 Å². The first-order valence-electron chi connectivity index (χ1n) is 14.0. The zero-order chi connectivity index (χ0) is 25.7. The molecule has 198 valence electrons. The van der Waals surface area contributed by atoms with Gasteiger partial charge < -0.3 is 10.2 Å². The Bertz CT molecular complexity index is 1170. The van der Waals surface area contributed by atoms with Crippen molar-refractivity contribution in [1.29, 1.82) is 0 Å². The van der Waals surface area contributed by atoms with E-state index in [1.807, 2.05) is 18.3 Å². The maximum Gasteiger partial charge on any atom is 0.134 e. The SMILES string of the molecule is Cc1cc(C=NCC2CCCCN2Cc2cc(Br)cc(Br)c2O)c(O)c(C23CC4CC(CC(C4)C2)C3)c1. The molecule has 37 heavy (non-hydrogen) atoms. The van der Waals surface area contributed by atoms with Crippen molar-refractivity contribution in [3.63, 3.8) is 0 Å². The number of phenolic OH excluding ortho intramolecular Hbond substituents is 2. The highest BCUT2D eigenvalue weighted by molar-refractivity contribution is 9.11. The second-order valence-electron chi connectivity index (χ2n) is 12.5. The van der Waals surface area contributed by atoms with Crippen LogP contribution in [0.3, 0.4) is 0 Å². The van der Waals surface area contributed by atoms with Crippen LogP contribution in [0.4, 0.5) is 0 Å². The summed E-state index contributed by atoms with van der Waals surface area (Å²) in [7, 11) is 0. The predicted octanol–water partition coefficient (Wildman–Crippen LogP) is 7.87. The Hall–Kier alpha value is -1.37. The van der Waals surface area contributed by atoms with Gasteiger partial charge in [-0.15, -0.1) is 0 Å². The summed E-state index contributed by atoms with van der Waals surface area (Å²) in [6, 6.07) is 8.58. The number of hydrogen-bond acceptors (Lipinski definition) is 4. The average molecular weight is 630 g/mol. The smallest absolute Gasteiger partial charge is 0.134 e. The van der Waals surface area contributed by atoms with Gasteiger partial charge in [0.05, 0.1) is 11.0 Å². The van der Waals surface area contributed by atoms with E-state index in [9.17, 15) is 10.2 Å². The zero-order valence-corrected chi connectivity index (χ0v) is 24.9. The normalized spacial score (nSPS) is 31.4. The van der Waals surface area contributed by atoms with E-state index in [1.54, 1.807) is 0 Å². The number of phenols is 2. The van der Waals surface area contributed by atoms with Crippen molar-refractivity contribution in [2.45, 2.75) is 82.7 Å². The van der Waals surface area contributed by atoms with Crippen LogP contribution in [0.1, 0.15) is 80.0 Å². The minimum absolute atomic E-state index is 0.174. The van der Waals surface area contributed by atoms with Crippen molar-refractivity contribution in [2.75, 3.05) is 13.1 Å². The van der Waals surface area contributed by atoms with E-state index in [0.29, 0.717) is 35.1 Å². The monoisotopic (exact) mass is 628 g/mol. The maximum absolute atomic E-state index is 11.5. The van der Waals surface area contributed by atoms with E-state index < -0.39 is 0 Å². The minimum atomic E-state index is 0.174. The molecule has 2 N–H and O–H groups in total. The summed E-state index contributed by atoms with van der Waals surface area (Å²) in [5.41, 5.74) is 4.40. The summed E-state index contributed by atoms with van der Waals surface area (Å²) >= 11 is 7.02. The molecular formula is C31H38Br2N2O2. The van der Waals surface area contributed by atoms with Crippen LogP contribution in [0.25, 0.3) is 0 Å². The van der Waals surface area contributed by atoms with Gasteiger partial charge in [-0.3, -0.25) is 9.89 Å². The van der Waals surface area contributed by atoms with Gasteiger partial charge in [-0.1, -0.05) is 28.4 Å². The van der Waals surface area contributed by atoms with Crippen molar-refractivity contribution in [1.82, 2.24) is 4.90 Å². The molecule has 0 amide bonds. The van der Waals surface area contributed by atoms with E-state index in [-0.39, 0.29) is 5.41 Å². The van der Waals surface area contributed by atoms with Crippen molar-refractivity contribution in [3.8, 4) is 11.5 Å². The molecule has 2 aromatic rings. The minimum Gasteiger partial charge on any atom is -0.507 e. The van der Waals surface area contributed by atoms with Crippen LogP contribution in [0.15, 0.2) is 38.2 Å². The molecule has 5 fully saturated rings. The summed E-state index contributed by atoms with van der Waals surface area (Å²) in [5.74, 6) is 3.35. The molecule has 7 rings (SSSR count). The van der Waals surface area contributed by atoms with Crippen molar-refractivity contribution < 1.29 is 10.2 Å².